The Morgan fingerprint density at radius 3 is 2.46 bits per heavy atom. The van der Waals surface area contributed by atoms with Gasteiger partial charge in [0, 0.05) is 12.1 Å². The summed E-state index contributed by atoms with van der Waals surface area (Å²) in [6.07, 6.45) is -0.659. The lowest BCUT2D eigenvalue weighted by atomic mass is 9.98. The van der Waals surface area contributed by atoms with Crippen LogP contribution in [0.15, 0.2) is 53.4 Å². The predicted octanol–water partition coefficient (Wildman–Crippen LogP) is 1.05. The highest BCUT2D eigenvalue weighted by Gasteiger charge is 2.31. The number of nitrogens with two attached hydrogens (primary N) is 1. The summed E-state index contributed by atoms with van der Waals surface area (Å²) in [4.78, 5) is 24.1. The van der Waals surface area contributed by atoms with Crippen molar-refractivity contribution in [2.45, 2.75) is 17.4 Å². The largest absolute Gasteiger partial charge is 0.448 e. The lowest BCUT2D eigenvalue weighted by Crippen LogP contribution is -2.37. The number of anilines is 1. The normalized spacial score (nSPS) is 16.9. The van der Waals surface area contributed by atoms with Gasteiger partial charge < -0.3 is 10.1 Å². The average Bonchev–Trinajstić information content (AvgIpc) is 2.54. The topological polar surface area (TPSA) is 116 Å². The Balaban J connectivity index is 1.73. The highest BCUT2D eigenvalue weighted by Crippen LogP contribution is 2.21. The van der Waals surface area contributed by atoms with Gasteiger partial charge in [0.1, 0.15) is 0 Å². The number of hydrogen-bond donors (Lipinski definition) is 2. The van der Waals surface area contributed by atoms with Gasteiger partial charge in [-0.05, 0) is 35.9 Å². The number of ether oxygens (including phenoxy) is 1. The maximum atomic E-state index is 12.3. The van der Waals surface area contributed by atoms with E-state index in [-0.39, 0.29) is 11.3 Å². The number of cyclic esters (lactones) is 1. The third kappa shape index (κ3) is 3.29. The van der Waals surface area contributed by atoms with Crippen LogP contribution in [0.5, 0.6) is 0 Å². The fourth-order valence-electron chi connectivity index (χ4n) is 2.43. The molecule has 1 aliphatic rings. The van der Waals surface area contributed by atoms with Gasteiger partial charge in [0.05, 0.1) is 10.5 Å². The van der Waals surface area contributed by atoms with Crippen molar-refractivity contribution in [3.05, 3.63) is 59.7 Å². The third-order valence-corrected chi connectivity index (χ3v) is 4.56. The maximum absolute atomic E-state index is 12.3. The Kier molecular flexibility index (Phi) is 4.08. The molecule has 0 aromatic heterocycles. The summed E-state index contributed by atoms with van der Waals surface area (Å²) in [6.45, 7) is 0. The van der Waals surface area contributed by atoms with Crippen molar-refractivity contribution in [2.75, 3.05) is 5.32 Å². The van der Waals surface area contributed by atoms with Crippen molar-refractivity contribution in [3.8, 4) is 0 Å². The number of sulfonamides is 1. The highest BCUT2D eigenvalue weighted by atomic mass is 32.2. The van der Waals surface area contributed by atoms with Gasteiger partial charge >= 0.3 is 5.97 Å². The highest BCUT2D eigenvalue weighted by molar-refractivity contribution is 7.89. The molecule has 3 rings (SSSR count). The van der Waals surface area contributed by atoms with Crippen LogP contribution in [0.2, 0.25) is 0 Å². The molecular formula is C16H14N2O5S. The number of carbonyl (C=O) groups is 2. The van der Waals surface area contributed by atoms with Crippen LogP contribution in [0.25, 0.3) is 0 Å². The second kappa shape index (κ2) is 6.06. The number of fused-ring (bicyclic) bond motifs is 1. The van der Waals surface area contributed by atoms with Crippen molar-refractivity contribution in [2.24, 2.45) is 5.14 Å². The maximum Gasteiger partial charge on any atom is 0.339 e. The van der Waals surface area contributed by atoms with Crippen LogP contribution in [0.1, 0.15) is 15.9 Å². The van der Waals surface area contributed by atoms with E-state index in [0.29, 0.717) is 11.3 Å². The van der Waals surface area contributed by atoms with Crippen molar-refractivity contribution in [3.63, 3.8) is 0 Å². The average molecular weight is 346 g/mol. The molecular weight excluding hydrogens is 332 g/mol. The molecule has 8 heteroatoms. The van der Waals surface area contributed by atoms with E-state index in [1.807, 2.05) is 0 Å². The number of benzene rings is 2. The van der Waals surface area contributed by atoms with E-state index in [1.165, 1.54) is 24.3 Å². The van der Waals surface area contributed by atoms with Gasteiger partial charge in [-0.25, -0.2) is 18.4 Å². The molecule has 0 aliphatic carbocycles. The van der Waals surface area contributed by atoms with Crippen molar-refractivity contribution < 1.29 is 22.7 Å². The van der Waals surface area contributed by atoms with Gasteiger partial charge in [-0.3, -0.25) is 4.79 Å². The molecule has 0 fully saturated rings. The summed E-state index contributed by atoms with van der Waals surface area (Å²) >= 11 is 0. The minimum atomic E-state index is -3.79. The zero-order valence-electron chi connectivity index (χ0n) is 12.4. The van der Waals surface area contributed by atoms with Crippen LogP contribution in [0, 0.1) is 0 Å². The van der Waals surface area contributed by atoms with Crippen LogP contribution in [-0.4, -0.2) is 26.4 Å². The van der Waals surface area contributed by atoms with Crippen LogP contribution >= 0.6 is 0 Å². The zero-order valence-corrected chi connectivity index (χ0v) is 13.2. The quantitative estimate of drug-likeness (QED) is 0.806. The Hall–Kier alpha value is -2.71. The van der Waals surface area contributed by atoms with E-state index in [0.717, 1.165) is 5.56 Å². The van der Waals surface area contributed by atoms with Crippen molar-refractivity contribution in [1.29, 1.82) is 0 Å². The van der Waals surface area contributed by atoms with Crippen LogP contribution in [0.4, 0.5) is 5.69 Å². The molecule has 7 nitrogen and oxygen atoms in total. The summed E-state index contributed by atoms with van der Waals surface area (Å²) in [5.41, 5.74) is 1.58. The first-order valence-electron chi connectivity index (χ1n) is 7.07. The first-order chi connectivity index (χ1) is 11.3. The minimum Gasteiger partial charge on any atom is -0.448 e. The van der Waals surface area contributed by atoms with Crippen LogP contribution < -0.4 is 10.5 Å². The zero-order chi connectivity index (χ0) is 17.3. The molecule has 1 heterocycles. The number of rotatable bonds is 3. The molecule has 1 atom stereocenters. The van der Waals surface area contributed by atoms with E-state index in [2.05, 4.69) is 5.32 Å². The molecule has 3 N–H and O–H groups in total. The van der Waals surface area contributed by atoms with Gasteiger partial charge in [0.2, 0.25) is 10.0 Å². The molecule has 0 saturated heterocycles. The summed E-state index contributed by atoms with van der Waals surface area (Å²) in [5, 5.41) is 7.60. The van der Waals surface area contributed by atoms with Crippen LogP contribution in [0.3, 0.4) is 0 Å². The van der Waals surface area contributed by atoms with Gasteiger partial charge in [0.25, 0.3) is 5.91 Å². The minimum absolute atomic E-state index is 0.0569. The molecule has 0 unspecified atom stereocenters. The Bertz CT molecular complexity index is 906. The first kappa shape index (κ1) is 16.2. The number of esters is 1. The fourth-order valence-corrected chi connectivity index (χ4v) is 2.94. The lowest BCUT2D eigenvalue weighted by Gasteiger charge is -2.23. The second-order valence-corrected chi connectivity index (χ2v) is 6.88. The van der Waals surface area contributed by atoms with E-state index in [4.69, 9.17) is 9.88 Å². The van der Waals surface area contributed by atoms with Gasteiger partial charge in [-0.2, -0.15) is 0 Å². The van der Waals surface area contributed by atoms with E-state index < -0.39 is 28.0 Å². The van der Waals surface area contributed by atoms with E-state index in [9.17, 15) is 18.0 Å². The number of carbonyl (C=O) groups excluding carboxylic acids is 2. The summed E-state index contributed by atoms with van der Waals surface area (Å²) < 4.78 is 27.6. The Labute approximate surface area is 138 Å². The molecule has 1 aliphatic heterocycles. The van der Waals surface area contributed by atoms with Gasteiger partial charge in [-0.15, -0.1) is 0 Å². The number of hydrogen-bond acceptors (Lipinski definition) is 5. The Morgan fingerprint density at radius 2 is 1.79 bits per heavy atom. The first-order valence-corrected chi connectivity index (χ1v) is 8.62. The lowest BCUT2D eigenvalue weighted by molar-refractivity contribution is -0.125. The molecule has 1 amide bonds. The van der Waals surface area contributed by atoms with Gasteiger partial charge in [0.15, 0.2) is 6.10 Å². The summed E-state index contributed by atoms with van der Waals surface area (Å²) in [7, 11) is -3.79. The molecule has 24 heavy (non-hydrogen) atoms. The summed E-state index contributed by atoms with van der Waals surface area (Å²) in [6, 6.07) is 12.3. The van der Waals surface area contributed by atoms with Crippen molar-refractivity contribution in [1.82, 2.24) is 0 Å². The number of nitrogens with one attached hydrogen (secondary N) is 1. The molecule has 124 valence electrons. The molecule has 0 bridgehead atoms. The molecule has 2 aromatic rings. The molecule has 0 spiro atoms. The molecule has 0 radical (unpaired) electrons. The monoisotopic (exact) mass is 346 g/mol. The van der Waals surface area contributed by atoms with Crippen LogP contribution in [-0.2, 0) is 26.0 Å². The Morgan fingerprint density at radius 1 is 1.12 bits per heavy atom. The van der Waals surface area contributed by atoms with E-state index in [1.54, 1.807) is 24.3 Å². The predicted molar refractivity (Wildman–Crippen MR) is 85.8 cm³/mol. The summed E-state index contributed by atoms with van der Waals surface area (Å²) in [5.74, 6) is -1.03. The third-order valence-electron chi connectivity index (χ3n) is 3.63. The number of amides is 1. The number of primary sulfonamides is 1. The molecule has 2 aromatic carbocycles. The smallest absolute Gasteiger partial charge is 0.339 e. The van der Waals surface area contributed by atoms with Crippen molar-refractivity contribution >= 4 is 27.6 Å². The molecule has 0 saturated carbocycles. The second-order valence-electron chi connectivity index (χ2n) is 5.31. The fraction of sp³-hybridized carbons (Fsp3) is 0.125. The standard InChI is InChI=1S/C16H14N2O5S/c17-24(21,22)12-7-5-11(6-8-12)18-15(19)14-9-10-3-1-2-4-13(10)16(20)23-14/h1-8,14H,9H2,(H,18,19)(H2,17,21,22)/t14-/m0/s1. The SMILES string of the molecule is NS(=O)(=O)c1ccc(NC(=O)[C@@H]2Cc3ccccc3C(=O)O2)cc1. The van der Waals surface area contributed by atoms with E-state index >= 15 is 0 Å². The van der Waals surface area contributed by atoms with Gasteiger partial charge in [-0.1, -0.05) is 18.2 Å².